The molecule has 49 heavy (non-hydrogen) atoms. The Hall–Kier alpha value is -5.30. The molecule has 2 N–H and O–H groups in total. The average Bonchev–Trinajstić information content (AvgIpc) is 3.49. The summed E-state index contributed by atoms with van der Waals surface area (Å²) < 4.78 is 8.08. The van der Waals surface area contributed by atoms with Crippen LogP contribution in [0.3, 0.4) is 0 Å². The second kappa shape index (κ2) is 13.7. The number of hydrogen-bond acceptors (Lipinski definition) is 8. The number of nitrogens with zero attached hydrogens (tertiary/aromatic N) is 5. The number of anilines is 1. The minimum absolute atomic E-state index is 0.0341. The maximum absolute atomic E-state index is 14.1. The number of aryl methyl sites for hydroxylation is 1. The zero-order valence-corrected chi connectivity index (χ0v) is 27.8. The third kappa shape index (κ3) is 6.98. The highest BCUT2D eigenvalue weighted by Crippen LogP contribution is 2.36. The van der Waals surface area contributed by atoms with E-state index in [9.17, 15) is 29.1 Å². The highest BCUT2D eigenvalue weighted by atomic mass is 16.5. The van der Waals surface area contributed by atoms with Crippen LogP contribution in [0, 0.1) is 5.92 Å². The summed E-state index contributed by atoms with van der Waals surface area (Å²) in [7, 11) is 3.06. The molecule has 2 aliphatic heterocycles. The van der Waals surface area contributed by atoms with Crippen LogP contribution >= 0.6 is 0 Å². The topological polar surface area (TPSA) is 156 Å². The van der Waals surface area contributed by atoms with Crippen molar-refractivity contribution in [2.45, 2.75) is 44.2 Å². The van der Waals surface area contributed by atoms with Crippen molar-refractivity contribution >= 4 is 40.4 Å². The number of rotatable bonds is 7. The van der Waals surface area contributed by atoms with Crippen molar-refractivity contribution in [2.75, 3.05) is 38.6 Å². The lowest BCUT2D eigenvalue weighted by atomic mass is 9.79. The molecule has 2 aromatic carbocycles. The zero-order valence-electron chi connectivity index (χ0n) is 27.8. The molecule has 0 saturated carbocycles. The zero-order chi connectivity index (χ0) is 34.9. The van der Waals surface area contributed by atoms with Crippen LogP contribution in [0.4, 0.5) is 5.69 Å². The lowest BCUT2D eigenvalue weighted by molar-refractivity contribution is -0.142. The fraction of sp³-hybridized carbons (Fsp3) is 0.389. The van der Waals surface area contributed by atoms with Gasteiger partial charge in [-0.15, -0.1) is 0 Å². The molecule has 2 aliphatic rings. The number of aromatic nitrogens is 3. The average molecular weight is 669 g/mol. The molecule has 3 amide bonds. The second-order valence-corrected chi connectivity index (χ2v) is 13.0. The van der Waals surface area contributed by atoms with E-state index >= 15 is 0 Å². The van der Waals surface area contributed by atoms with Crippen molar-refractivity contribution in [1.82, 2.24) is 23.9 Å². The number of piperidine rings is 2. The van der Waals surface area contributed by atoms with E-state index in [-0.39, 0.29) is 53.4 Å². The summed E-state index contributed by atoms with van der Waals surface area (Å²) >= 11 is 0. The maximum atomic E-state index is 14.1. The lowest BCUT2D eigenvalue weighted by Crippen LogP contribution is -2.53. The summed E-state index contributed by atoms with van der Waals surface area (Å²) in [5.41, 5.74) is 0.779. The number of methoxy groups -OCH3 is 1. The fourth-order valence-electron chi connectivity index (χ4n) is 7.06. The first kappa shape index (κ1) is 33.6. The van der Waals surface area contributed by atoms with Crippen LogP contribution in [0.5, 0.6) is 0 Å². The van der Waals surface area contributed by atoms with Gasteiger partial charge in [0.05, 0.1) is 30.2 Å². The summed E-state index contributed by atoms with van der Waals surface area (Å²) in [5, 5.41) is 14.6. The molecule has 2 aromatic heterocycles. The molecule has 0 aliphatic carbocycles. The van der Waals surface area contributed by atoms with Crippen LogP contribution in [0.15, 0.2) is 71.9 Å². The number of aliphatic hydroxyl groups is 1. The highest BCUT2D eigenvalue weighted by molar-refractivity contribution is 6.01. The number of benzene rings is 2. The van der Waals surface area contributed by atoms with Crippen molar-refractivity contribution in [3.63, 3.8) is 0 Å². The van der Waals surface area contributed by atoms with Gasteiger partial charge in [-0.05, 0) is 49.1 Å². The van der Waals surface area contributed by atoms with Gasteiger partial charge >= 0.3 is 5.97 Å². The van der Waals surface area contributed by atoms with Gasteiger partial charge in [0.2, 0.25) is 11.8 Å². The van der Waals surface area contributed by atoms with Gasteiger partial charge in [-0.3, -0.25) is 23.7 Å². The van der Waals surface area contributed by atoms with E-state index in [1.54, 1.807) is 26.6 Å². The Bertz CT molecular complexity index is 1960. The number of carbonyl (C=O) groups is 4. The maximum Gasteiger partial charge on any atom is 0.337 e. The number of nitrogens with one attached hydrogen (secondary N) is 1. The van der Waals surface area contributed by atoms with Crippen LogP contribution in [-0.4, -0.2) is 91.6 Å². The van der Waals surface area contributed by atoms with Crippen molar-refractivity contribution in [3.05, 3.63) is 94.2 Å². The molecule has 0 radical (unpaired) electrons. The van der Waals surface area contributed by atoms with E-state index in [0.717, 1.165) is 5.56 Å². The third-order valence-corrected chi connectivity index (χ3v) is 9.69. The smallest absolute Gasteiger partial charge is 0.337 e. The first-order valence-electron chi connectivity index (χ1n) is 16.3. The number of fused-ring (bicyclic) bond motifs is 1. The number of likely N-dealkylation sites (tertiary alicyclic amines) is 2. The van der Waals surface area contributed by atoms with E-state index < -0.39 is 17.5 Å². The lowest BCUT2D eigenvalue weighted by Gasteiger charge is -2.43. The fourth-order valence-corrected chi connectivity index (χ4v) is 7.06. The molecule has 0 spiro atoms. The van der Waals surface area contributed by atoms with Gasteiger partial charge in [-0.25, -0.2) is 9.78 Å². The van der Waals surface area contributed by atoms with Crippen LogP contribution in [0.25, 0.3) is 11.0 Å². The SMILES string of the molecule is COC(=O)c1cc(NC(C)=O)cc(C(=O)N2CC[C@@H](C(=O)N3CCC(O)(Cn4cnc5c(ccn5C)c4=O)CC3)[C@H](c3ccccc3)C2)c1. The number of ether oxygens (including phenoxy) is 1. The Morgan fingerprint density at radius 3 is 2.41 bits per heavy atom. The third-order valence-electron chi connectivity index (χ3n) is 9.69. The van der Waals surface area contributed by atoms with Gasteiger partial charge in [-0.2, -0.15) is 0 Å². The summed E-state index contributed by atoms with van der Waals surface area (Å²) in [6.07, 6.45) is 4.26. The van der Waals surface area contributed by atoms with Gasteiger partial charge in [0.25, 0.3) is 11.5 Å². The molecule has 13 nitrogen and oxygen atoms in total. The molecule has 4 aromatic rings. The van der Waals surface area contributed by atoms with E-state index in [4.69, 9.17) is 4.74 Å². The molecule has 2 fully saturated rings. The first-order valence-corrected chi connectivity index (χ1v) is 16.3. The van der Waals surface area contributed by atoms with Gasteiger partial charge < -0.3 is 29.5 Å². The molecule has 0 bridgehead atoms. The molecule has 13 heteroatoms. The summed E-state index contributed by atoms with van der Waals surface area (Å²) in [4.78, 5) is 73.1. The van der Waals surface area contributed by atoms with E-state index in [1.165, 1.54) is 43.1 Å². The Labute approximate surface area is 283 Å². The van der Waals surface area contributed by atoms with Crippen molar-refractivity contribution in [3.8, 4) is 0 Å². The minimum atomic E-state index is -1.17. The molecular weight excluding hydrogens is 628 g/mol. The Morgan fingerprint density at radius 1 is 1.00 bits per heavy atom. The molecule has 256 valence electrons. The van der Waals surface area contributed by atoms with E-state index in [1.807, 2.05) is 37.4 Å². The molecule has 0 unspecified atom stereocenters. The van der Waals surface area contributed by atoms with Gasteiger partial charge in [-0.1, -0.05) is 30.3 Å². The Balaban J connectivity index is 1.18. The molecule has 6 rings (SSSR count). The summed E-state index contributed by atoms with van der Waals surface area (Å²) in [6.45, 7) is 2.67. The van der Waals surface area contributed by atoms with Gasteiger partial charge in [0.15, 0.2) is 0 Å². The monoisotopic (exact) mass is 668 g/mol. The van der Waals surface area contributed by atoms with Gasteiger partial charge in [0, 0.05) is 69.4 Å². The Morgan fingerprint density at radius 2 is 1.71 bits per heavy atom. The Kier molecular flexibility index (Phi) is 9.37. The van der Waals surface area contributed by atoms with Crippen LogP contribution in [0.1, 0.15) is 58.4 Å². The number of carbonyl (C=O) groups excluding carboxylic acids is 4. The number of esters is 1. The predicted octanol–water partition coefficient (Wildman–Crippen LogP) is 2.78. The van der Waals surface area contributed by atoms with E-state index in [2.05, 4.69) is 10.3 Å². The normalized spacial score (nSPS) is 19.0. The number of amides is 3. The number of hydrogen-bond donors (Lipinski definition) is 2. The molecule has 2 atom stereocenters. The molecule has 2 saturated heterocycles. The second-order valence-electron chi connectivity index (χ2n) is 13.0. The van der Waals surface area contributed by atoms with Crippen molar-refractivity contribution in [1.29, 1.82) is 0 Å². The highest BCUT2D eigenvalue weighted by Gasteiger charge is 2.42. The summed E-state index contributed by atoms with van der Waals surface area (Å²) in [6, 6.07) is 15.8. The summed E-state index contributed by atoms with van der Waals surface area (Å²) in [5.74, 6) is -2.05. The van der Waals surface area contributed by atoms with Crippen LogP contribution < -0.4 is 10.9 Å². The first-order chi connectivity index (χ1) is 23.5. The quantitative estimate of drug-likeness (QED) is 0.285. The van der Waals surface area contributed by atoms with Crippen LogP contribution in [-0.2, 0) is 27.9 Å². The van der Waals surface area contributed by atoms with Gasteiger partial charge in [0.1, 0.15) is 12.0 Å². The molecule has 4 heterocycles. The molecular formula is C36H40N6O7. The largest absolute Gasteiger partial charge is 0.465 e. The van der Waals surface area contributed by atoms with Crippen molar-refractivity contribution in [2.24, 2.45) is 13.0 Å². The minimum Gasteiger partial charge on any atom is -0.465 e. The van der Waals surface area contributed by atoms with Crippen molar-refractivity contribution < 1.29 is 29.0 Å². The van der Waals surface area contributed by atoms with E-state index in [0.29, 0.717) is 55.6 Å². The standard InChI is InChI=1S/C36H40N6O7/c1-23(43)38-27-18-25(17-26(19-27)35(47)49-3)32(44)41-14-10-28(30(20-41)24-7-5-4-6-8-24)33(45)40-15-11-36(48,12-16-40)21-42-22-37-31-29(34(42)46)9-13-39(31)2/h4-9,13,17-19,22,28,30,48H,10-12,14-16,20-21H2,1-3H3,(H,38,43)/t28-,30+/m1/s1. The van der Waals surface area contributed by atoms with Crippen LogP contribution in [0.2, 0.25) is 0 Å². The predicted molar refractivity (Wildman–Crippen MR) is 181 cm³/mol.